The summed E-state index contributed by atoms with van der Waals surface area (Å²) in [6.45, 7) is 4.07. The van der Waals surface area contributed by atoms with Gasteiger partial charge in [-0.3, -0.25) is 9.13 Å². The molecule has 0 bridgehead atoms. The third kappa shape index (κ3) is 5.76. The maximum Gasteiger partial charge on any atom is 0.329 e. The molecule has 4 nitrogen and oxygen atoms in total. The lowest BCUT2D eigenvalue weighted by molar-refractivity contribution is 0.184. The van der Waals surface area contributed by atoms with Crippen LogP contribution < -0.4 is 5.69 Å². The molecule has 1 saturated heterocycles. The van der Waals surface area contributed by atoms with Crippen LogP contribution in [0, 0.1) is 0 Å². The first-order valence-corrected chi connectivity index (χ1v) is 13.3. The van der Waals surface area contributed by atoms with Gasteiger partial charge in [-0.05, 0) is 74.8 Å². The smallest absolute Gasteiger partial charge is 0.303 e. The van der Waals surface area contributed by atoms with Gasteiger partial charge in [0.25, 0.3) is 0 Å². The summed E-state index contributed by atoms with van der Waals surface area (Å²) in [7, 11) is 0. The van der Waals surface area contributed by atoms with Crippen LogP contribution in [0.3, 0.4) is 0 Å². The molecule has 4 heteroatoms. The van der Waals surface area contributed by atoms with Crippen molar-refractivity contribution in [3.8, 4) is 0 Å². The van der Waals surface area contributed by atoms with Crippen LogP contribution in [0.2, 0.25) is 0 Å². The zero-order valence-electron chi connectivity index (χ0n) is 20.7. The summed E-state index contributed by atoms with van der Waals surface area (Å²) in [5, 5.41) is 0. The van der Waals surface area contributed by atoms with Gasteiger partial charge >= 0.3 is 5.69 Å². The number of hydrogen-bond acceptors (Lipinski definition) is 2. The highest BCUT2D eigenvalue weighted by molar-refractivity contribution is 5.76. The first-order chi connectivity index (χ1) is 17.3. The number of nitrogens with zero attached hydrogens (tertiary/aromatic N) is 3. The van der Waals surface area contributed by atoms with Crippen LogP contribution in [0.25, 0.3) is 11.0 Å². The Kier molecular flexibility index (Phi) is 7.79. The maximum absolute atomic E-state index is 13.6. The summed E-state index contributed by atoms with van der Waals surface area (Å²) >= 11 is 0. The van der Waals surface area contributed by atoms with E-state index in [9.17, 15) is 4.79 Å². The Morgan fingerprint density at radius 3 is 1.86 bits per heavy atom. The van der Waals surface area contributed by atoms with Crippen LogP contribution in [-0.4, -0.2) is 33.7 Å². The van der Waals surface area contributed by atoms with Crippen molar-refractivity contribution in [2.45, 2.75) is 57.5 Å². The lowest BCUT2D eigenvalue weighted by Gasteiger charge is -2.32. The molecule has 0 amide bonds. The van der Waals surface area contributed by atoms with Crippen molar-refractivity contribution in [2.24, 2.45) is 0 Å². The molecule has 1 aromatic heterocycles. The molecule has 2 heterocycles. The van der Waals surface area contributed by atoms with Crippen LogP contribution in [0.15, 0.2) is 89.7 Å². The predicted molar refractivity (Wildman–Crippen MR) is 145 cm³/mol. The van der Waals surface area contributed by atoms with Crippen molar-refractivity contribution in [1.82, 2.24) is 14.0 Å². The number of likely N-dealkylation sites (tertiary alicyclic amines) is 1. The largest absolute Gasteiger partial charge is 0.329 e. The fraction of sp³-hybridized carbons (Fsp3) is 0.387. The van der Waals surface area contributed by atoms with Crippen molar-refractivity contribution in [3.05, 3.63) is 107 Å². The van der Waals surface area contributed by atoms with Gasteiger partial charge in [-0.25, -0.2) is 4.79 Å². The molecule has 0 spiro atoms. The molecular weight excluding hydrogens is 430 g/mol. The number of rotatable bonds is 10. The number of hydrogen-bond donors (Lipinski definition) is 0. The number of unbranched alkanes of at least 4 members (excludes halogenated alkanes) is 1. The van der Waals surface area contributed by atoms with Gasteiger partial charge in [0.15, 0.2) is 0 Å². The maximum atomic E-state index is 13.6. The van der Waals surface area contributed by atoms with E-state index in [4.69, 9.17) is 0 Å². The van der Waals surface area contributed by atoms with E-state index in [0.717, 1.165) is 75.7 Å². The summed E-state index contributed by atoms with van der Waals surface area (Å²) in [5.74, 6) is 0. The SMILES string of the molecule is O=c1n(CCCCc2ccccc2)c2ccccc2n1C1CCN(CCCc2ccccc2)CC1. The van der Waals surface area contributed by atoms with Gasteiger partial charge in [0.05, 0.1) is 11.0 Å². The molecule has 182 valence electrons. The number of imidazole rings is 1. The van der Waals surface area contributed by atoms with Crippen LogP contribution in [0.4, 0.5) is 0 Å². The molecule has 0 atom stereocenters. The van der Waals surface area contributed by atoms with Crippen molar-refractivity contribution in [1.29, 1.82) is 0 Å². The Balaban J connectivity index is 1.19. The second-order valence-electron chi connectivity index (χ2n) is 9.90. The molecule has 3 aromatic carbocycles. The van der Waals surface area contributed by atoms with E-state index in [1.165, 1.54) is 17.5 Å². The minimum Gasteiger partial charge on any atom is -0.303 e. The zero-order chi connectivity index (χ0) is 23.9. The van der Waals surface area contributed by atoms with E-state index in [1.54, 1.807) is 0 Å². The highest BCUT2D eigenvalue weighted by Crippen LogP contribution is 2.26. The number of para-hydroxylation sites is 2. The van der Waals surface area contributed by atoms with Gasteiger partial charge in [-0.1, -0.05) is 72.8 Å². The van der Waals surface area contributed by atoms with Crippen LogP contribution >= 0.6 is 0 Å². The summed E-state index contributed by atoms with van der Waals surface area (Å²) in [4.78, 5) is 16.2. The monoisotopic (exact) mass is 467 g/mol. The predicted octanol–water partition coefficient (Wildman–Crippen LogP) is 6.10. The quantitative estimate of drug-likeness (QED) is 0.264. The molecule has 1 aliphatic heterocycles. The highest BCUT2D eigenvalue weighted by Gasteiger charge is 2.24. The second kappa shape index (κ2) is 11.5. The highest BCUT2D eigenvalue weighted by atomic mass is 16.1. The van der Waals surface area contributed by atoms with Crippen LogP contribution in [0.5, 0.6) is 0 Å². The number of aromatic nitrogens is 2. The molecule has 1 aliphatic rings. The van der Waals surface area contributed by atoms with Gasteiger partial charge in [0, 0.05) is 25.7 Å². The van der Waals surface area contributed by atoms with E-state index in [-0.39, 0.29) is 5.69 Å². The molecular formula is C31H37N3O. The van der Waals surface area contributed by atoms with Crippen LogP contribution in [-0.2, 0) is 19.4 Å². The van der Waals surface area contributed by atoms with Gasteiger partial charge in [0.1, 0.15) is 0 Å². The van der Waals surface area contributed by atoms with E-state index in [1.807, 2.05) is 4.57 Å². The molecule has 0 saturated carbocycles. The van der Waals surface area contributed by atoms with E-state index >= 15 is 0 Å². The Bertz CT molecular complexity index is 1250. The van der Waals surface area contributed by atoms with Gasteiger partial charge in [0.2, 0.25) is 0 Å². The minimum atomic E-state index is 0.174. The van der Waals surface area contributed by atoms with Crippen molar-refractivity contribution in [3.63, 3.8) is 0 Å². The fourth-order valence-electron chi connectivity index (χ4n) is 5.60. The molecule has 0 radical (unpaired) electrons. The molecule has 5 rings (SSSR count). The molecule has 0 N–H and O–H groups in total. The number of fused-ring (bicyclic) bond motifs is 1. The standard InChI is InChI=1S/C31H37N3O/c35-31-33(23-10-9-16-26-12-3-1-4-13-26)29-18-7-8-19-30(29)34(31)28-20-24-32(25-21-28)22-11-17-27-14-5-2-6-15-27/h1-8,12-15,18-19,28H,9-11,16-17,20-25H2. The van der Waals surface area contributed by atoms with Gasteiger partial charge < -0.3 is 4.90 Å². The number of piperidine rings is 1. The van der Waals surface area contributed by atoms with Crippen molar-refractivity contribution < 1.29 is 0 Å². The topological polar surface area (TPSA) is 30.2 Å². The Morgan fingerprint density at radius 2 is 1.20 bits per heavy atom. The van der Waals surface area contributed by atoms with E-state index in [2.05, 4.69) is 94.4 Å². The normalized spacial score (nSPS) is 15.1. The molecule has 0 aliphatic carbocycles. The third-order valence-electron chi connectivity index (χ3n) is 7.51. The third-order valence-corrected chi connectivity index (χ3v) is 7.51. The number of benzene rings is 3. The fourth-order valence-corrected chi connectivity index (χ4v) is 5.60. The molecule has 4 aromatic rings. The first kappa shape index (κ1) is 23.6. The minimum absolute atomic E-state index is 0.174. The van der Waals surface area contributed by atoms with E-state index in [0.29, 0.717) is 6.04 Å². The summed E-state index contributed by atoms with van der Waals surface area (Å²) in [5.41, 5.74) is 5.15. The van der Waals surface area contributed by atoms with Gasteiger partial charge in [-0.2, -0.15) is 0 Å². The van der Waals surface area contributed by atoms with Crippen molar-refractivity contribution >= 4 is 11.0 Å². The van der Waals surface area contributed by atoms with Crippen LogP contribution in [0.1, 0.15) is 49.3 Å². The first-order valence-electron chi connectivity index (χ1n) is 13.3. The Morgan fingerprint density at radius 1 is 0.629 bits per heavy atom. The lowest BCUT2D eigenvalue weighted by atomic mass is 10.0. The Hall–Kier alpha value is -3.11. The molecule has 0 unspecified atom stereocenters. The zero-order valence-corrected chi connectivity index (χ0v) is 20.7. The second-order valence-corrected chi connectivity index (χ2v) is 9.90. The average Bonchev–Trinajstić information content (AvgIpc) is 3.19. The average molecular weight is 468 g/mol. The molecule has 1 fully saturated rings. The summed E-state index contributed by atoms with van der Waals surface area (Å²) in [6, 6.07) is 30.1. The van der Waals surface area contributed by atoms with Crippen molar-refractivity contribution in [2.75, 3.05) is 19.6 Å². The van der Waals surface area contributed by atoms with E-state index < -0.39 is 0 Å². The number of aryl methyl sites for hydroxylation is 3. The summed E-state index contributed by atoms with van der Waals surface area (Å²) < 4.78 is 4.13. The summed E-state index contributed by atoms with van der Waals surface area (Å²) in [6.07, 6.45) is 7.60. The Labute approximate surface area is 208 Å². The lowest BCUT2D eigenvalue weighted by Crippen LogP contribution is -2.38. The molecule has 35 heavy (non-hydrogen) atoms. The van der Waals surface area contributed by atoms with Gasteiger partial charge in [-0.15, -0.1) is 0 Å².